The quantitative estimate of drug-likeness (QED) is 0.343. The molecule has 1 aliphatic rings. The van der Waals surface area contributed by atoms with Crippen molar-refractivity contribution < 1.29 is 9.90 Å². The van der Waals surface area contributed by atoms with Gasteiger partial charge in [-0.15, -0.1) is 0 Å². The Bertz CT molecular complexity index is 420. The minimum atomic E-state index is -0.378. The van der Waals surface area contributed by atoms with Crippen molar-refractivity contribution >= 4 is 5.78 Å². The van der Waals surface area contributed by atoms with Crippen LogP contribution < -0.4 is 0 Å². The van der Waals surface area contributed by atoms with Gasteiger partial charge in [0.25, 0.3) is 0 Å². The van der Waals surface area contributed by atoms with E-state index in [-0.39, 0.29) is 23.7 Å². The second-order valence-electron chi connectivity index (χ2n) is 6.95. The highest BCUT2D eigenvalue weighted by Gasteiger charge is 2.27. The number of rotatable bonds is 13. The lowest BCUT2D eigenvalue weighted by Crippen LogP contribution is -2.14. The second kappa shape index (κ2) is 13.2. The van der Waals surface area contributed by atoms with Gasteiger partial charge >= 0.3 is 0 Å². The normalized spacial score (nSPS) is 22.2. The molecule has 0 aromatic rings. The zero-order chi connectivity index (χ0) is 17.6. The summed E-state index contributed by atoms with van der Waals surface area (Å²) in [7, 11) is 0. The average Bonchev–Trinajstić information content (AvgIpc) is 2.93. The van der Waals surface area contributed by atoms with E-state index in [1.165, 1.54) is 38.5 Å². The molecule has 0 spiro atoms. The summed E-state index contributed by atoms with van der Waals surface area (Å²) in [5.41, 5.74) is 0. The molecule has 0 aromatic heterocycles. The molecular weight excluding hydrogens is 296 g/mol. The molecule has 0 aliphatic heterocycles. The van der Waals surface area contributed by atoms with Crippen LogP contribution in [0.15, 0.2) is 36.5 Å². The summed E-state index contributed by atoms with van der Waals surface area (Å²) in [4.78, 5) is 12.0. The van der Waals surface area contributed by atoms with Gasteiger partial charge < -0.3 is 5.11 Å². The van der Waals surface area contributed by atoms with Gasteiger partial charge in [-0.3, -0.25) is 4.79 Å². The van der Waals surface area contributed by atoms with Gasteiger partial charge in [-0.05, 0) is 25.3 Å². The Labute approximate surface area is 148 Å². The first-order chi connectivity index (χ1) is 11.7. The monoisotopic (exact) mass is 332 g/mol. The third kappa shape index (κ3) is 8.63. The maximum absolute atomic E-state index is 12.0. The molecule has 1 N–H and O–H groups in total. The Balaban J connectivity index is 2.33. The third-order valence-corrected chi connectivity index (χ3v) is 4.75. The maximum Gasteiger partial charge on any atom is 0.159 e. The molecule has 0 unspecified atom stereocenters. The molecule has 136 valence electrons. The first-order valence-electron chi connectivity index (χ1n) is 9.92. The largest absolute Gasteiger partial charge is 0.389 e. The molecule has 1 rings (SSSR count). The minimum absolute atomic E-state index is 0.0240. The van der Waals surface area contributed by atoms with Crippen LogP contribution in [0.4, 0.5) is 0 Å². The van der Waals surface area contributed by atoms with Crippen molar-refractivity contribution in [1.29, 1.82) is 0 Å². The van der Waals surface area contributed by atoms with E-state index >= 15 is 0 Å². The molecule has 3 atom stereocenters. The molecule has 0 amide bonds. The molecule has 2 heteroatoms. The van der Waals surface area contributed by atoms with E-state index < -0.39 is 0 Å². The van der Waals surface area contributed by atoms with Crippen LogP contribution in [0, 0.1) is 11.8 Å². The molecule has 0 saturated carbocycles. The lowest BCUT2D eigenvalue weighted by molar-refractivity contribution is -0.117. The van der Waals surface area contributed by atoms with Gasteiger partial charge in [-0.2, -0.15) is 0 Å². The SMILES string of the molecule is CCCC/C=C\C[C@H]1C(=O)C=C[C@@H]1/C=C/[C@H](O)CCCCCCC. The Morgan fingerprint density at radius 2 is 1.83 bits per heavy atom. The molecule has 2 nitrogen and oxygen atoms in total. The van der Waals surface area contributed by atoms with Crippen LogP contribution in [0.1, 0.15) is 78.1 Å². The molecule has 0 heterocycles. The zero-order valence-corrected chi connectivity index (χ0v) is 15.6. The fraction of sp³-hybridized carbons (Fsp3) is 0.682. The number of hydrogen-bond donors (Lipinski definition) is 1. The lowest BCUT2D eigenvalue weighted by Gasteiger charge is -2.13. The van der Waals surface area contributed by atoms with Crippen LogP contribution in [0.2, 0.25) is 0 Å². The first-order valence-corrected chi connectivity index (χ1v) is 9.92. The van der Waals surface area contributed by atoms with E-state index in [2.05, 4.69) is 26.0 Å². The average molecular weight is 333 g/mol. The topological polar surface area (TPSA) is 37.3 Å². The number of aliphatic hydroxyl groups excluding tert-OH is 1. The van der Waals surface area contributed by atoms with Crippen molar-refractivity contribution in [1.82, 2.24) is 0 Å². The highest BCUT2D eigenvalue weighted by atomic mass is 16.3. The van der Waals surface area contributed by atoms with E-state index in [1.807, 2.05) is 18.2 Å². The summed E-state index contributed by atoms with van der Waals surface area (Å²) in [6.45, 7) is 4.40. The number of hydrogen-bond acceptors (Lipinski definition) is 2. The predicted molar refractivity (Wildman–Crippen MR) is 103 cm³/mol. The maximum atomic E-state index is 12.0. The Morgan fingerprint density at radius 3 is 2.58 bits per heavy atom. The van der Waals surface area contributed by atoms with Crippen molar-refractivity contribution in [3.8, 4) is 0 Å². The number of aliphatic hydroxyl groups is 1. The van der Waals surface area contributed by atoms with Crippen LogP contribution in [-0.4, -0.2) is 17.0 Å². The van der Waals surface area contributed by atoms with E-state index in [0.717, 1.165) is 25.7 Å². The van der Waals surface area contributed by atoms with E-state index in [4.69, 9.17) is 0 Å². The fourth-order valence-corrected chi connectivity index (χ4v) is 3.12. The number of allylic oxidation sites excluding steroid dienone is 5. The highest BCUT2D eigenvalue weighted by molar-refractivity contribution is 5.95. The van der Waals surface area contributed by atoms with E-state index in [9.17, 15) is 9.90 Å². The van der Waals surface area contributed by atoms with Crippen LogP contribution in [0.3, 0.4) is 0 Å². The molecule has 0 bridgehead atoms. The number of carbonyl (C=O) groups is 1. The van der Waals surface area contributed by atoms with Gasteiger partial charge in [0.2, 0.25) is 0 Å². The molecule has 1 aliphatic carbocycles. The molecule has 0 aromatic carbocycles. The van der Waals surface area contributed by atoms with Crippen molar-refractivity contribution in [2.45, 2.75) is 84.2 Å². The molecule has 0 radical (unpaired) electrons. The fourth-order valence-electron chi connectivity index (χ4n) is 3.12. The Hall–Kier alpha value is -1.15. The predicted octanol–water partition coefficient (Wildman–Crippen LogP) is 5.77. The van der Waals surface area contributed by atoms with Gasteiger partial charge in [-0.1, -0.05) is 89.2 Å². The second-order valence-corrected chi connectivity index (χ2v) is 6.95. The number of unbranched alkanes of at least 4 members (excludes halogenated alkanes) is 6. The first kappa shape index (κ1) is 20.9. The van der Waals surface area contributed by atoms with Gasteiger partial charge in [0.15, 0.2) is 5.78 Å². The Morgan fingerprint density at radius 1 is 1.08 bits per heavy atom. The summed E-state index contributed by atoms with van der Waals surface area (Å²) >= 11 is 0. The summed E-state index contributed by atoms with van der Waals surface area (Å²) in [5.74, 6) is 0.387. The molecular formula is C22H36O2. The highest BCUT2D eigenvalue weighted by Crippen LogP contribution is 2.27. The van der Waals surface area contributed by atoms with Gasteiger partial charge in [0.05, 0.1) is 6.10 Å². The van der Waals surface area contributed by atoms with E-state index in [0.29, 0.717) is 0 Å². The number of ketones is 1. The van der Waals surface area contributed by atoms with Crippen molar-refractivity contribution in [2.75, 3.05) is 0 Å². The molecule has 0 fully saturated rings. The van der Waals surface area contributed by atoms with Gasteiger partial charge in [0, 0.05) is 11.8 Å². The van der Waals surface area contributed by atoms with Crippen LogP contribution in [0.5, 0.6) is 0 Å². The smallest absolute Gasteiger partial charge is 0.159 e. The van der Waals surface area contributed by atoms with Gasteiger partial charge in [-0.25, -0.2) is 0 Å². The van der Waals surface area contributed by atoms with Crippen LogP contribution >= 0.6 is 0 Å². The molecule has 0 saturated heterocycles. The third-order valence-electron chi connectivity index (χ3n) is 4.75. The van der Waals surface area contributed by atoms with Crippen molar-refractivity contribution in [2.24, 2.45) is 11.8 Å². The summed E-state index contributed by atoms with van der Waals surface area (Å²) < 4.78 is 0. The van der Waals surface area contributed by atoms with E-state index in [1.54, 1.807) is 6.08 Å². The van der Waals surface area contributed by atoms with Crippen molar-refractivity contribution in [3.63, 3.8) is 0 Å². The summed E-state index contributed by atoms with van der Waals surface area (Å²) in [6, 6.07) is 0. The minimum Gasteiger partial charge on any atom is -0.389 e. The lowest BCUT2D eigenvalue weighted by atomic mass is 9.90. The zero-order valence-electron chi connectivity index (χ0n) is 15.6. The summed E-state index contributed by atoms with van der Waals surface area (Å²) in [5, 5.41) is 10.1. The summed E-state index contributed by atoms with van der Waals surface area (Å²) in [6.07, 6.45) is 22.8. The number of carbonyl (C=O) groups excluding carboxylic acids is 1. The standard InChI is InChI=1S/C22H36O2/c1-3-5-7-9-11-13-20(23)17-15-19-16-18-22(24)21(19)14-12-10-8-6-4-2/h10,12,15-21,23H,3-9,11,13-14H2,1-2H3/b12-10-,17-15+/t19-,20+,21+/m0/s1. The van der Waals surface area contributed by atoms with Crippen LogP contribution in [0.25, 0.3) is 0 Å². The van der Waals surface area contributed by atoms with Gasteiger partial charge in [0.1, 0.15) is 0 Å². The van der Waals surface area contributed by atoms with Crippen LogP contribution in [-0.2, 0) is 4.79 Å². The van der Waals surface area contributed by atoms with Crippen molar-refractivity contribution in [3.05, 3.63) is 36.5 Å². The molecule has 24 heavy (non-hydrogen) atoms. The Kier molecular flexibility index (Phi) is 11.5.